The number of carbonyl (C=O) groups is 1. The fraction of sp³-hybridized carbons (Fsp3) is 0.500. The first-order valence-corrected chi connectivity index (χ1v) is 4.95. The van der Waals surface area contributed by atoms with Gasteiger partial charge in [-0.1, -0.05) is 11.3 Å². The molecule has 0 aromatic carbocycles. The summed E-state index contributed by atoms with van der Waals surface area (Å²) >= 11 is 1.14. The van der Waals surface area contributed by atoms with Crippen molar-refractivity contribution in [2.75, 3.05) is 0 Å². The van der Waals surface area contributed by atoms with E-state index in [2.05, 4.69) is 4.98 Å². The van der Waals surface area contributed by atoms with Crippen LogP contribution in [0.3, 0.4) is 0 Å². The molecule has 1 aliphatic carbocycles. The normalized spacial score (nSPS) is 21.1. The maximum absolute atomic E-state index is 11.0. The van der Waals surface area contributed by atoms with Crippen molar-refractivity contribution in [3.63, 3.8) is 0 Å². The van der Waals surface area contributed by atoms with Crippen molar-refractivity contribution in [2.45, 2.75) is 25.2 Å². The molecule has 1 unspecified atom stereocenters. The molecule has 1 atom stereocenters. The number of hydrogen-bond donors (Lipinski definition) is 2. The summed E-state index contributed by atoms with van der Waals surface area (Å²) in [5.41, 5.74) is 0.633. The number of aliphatic carboxylic acids is 1. The van der Waals surface area contributed by atoms with Crippen LogP contribution in [-0.2, 0) is 11.2 Å². The number of aryl methyl sites for hydroxylation is 1. The molecule has 0 fully saturated rings. The Labute approximate surface area is 78.2 Å². The minimum atomic E-state index is -0.838. The molecular formula is C8H9NO3S. The number of aromatic nitrogens is 1. The average Bonchev–Trinajstić information content (AvgIpc) is 2.43. The van der Waals surface area contributed by atoms with Crippen LogP contribution < -0.4 is 4.87 Å². The van der Waals surface area contributed by atoms with Crippen LogP contribution in [0.1, 0.15) is 29.3 Å². The number of hydrogen-bond acceptors (Lipinski definition) is 3. The Balaban J connectivity index is 2.47. The van der Waals surface area contributed by atoms with Gasteiger partial charge >= 0.3 is 10.8 Å². The summed E-state index contributed by atoms with van der Waals surface area (Å²) in [5.74, 6) is -1.34. The standard InChI is InChI=1S/C8H9NO3S/c10-7(11)4-2-1-3-5-6(4)9-8(12)13-5/h4H,1-3H2,(H,9,12)(H,10,11). The van der Waals surface area contributed by atoms with Gasteiger partial charge in [0.1, 0.15) is 0 Å². The molecule has 0 saturated heterocycles. The second kappa shape index (κ2) is 2.99. The Morgan fingerprint density at radius 3 is 3.08 bits per heavy atom. The Kier molecular flexibility index (Phi) is 1.95. The Morgan fingerprint density at radius 2 is 2.38 bits per heavy atom. The van der Waals surface area contributed by atoms with Gasteiger partial charge in [0.15, 0.2) is 0 Å². The van der Waals surface area contributed by atoms with E-state index in [0.717, 1.165) is 29.1 Å². The Hall–Kier alpha value is -1.10. The van der Waals surface area contributed by atoms with Crippen molar-refractivity contribution in [3.05, 3.63) is 20.2 Å². The van der Waals surface area contributed by atoms with E-state index in [1.807, 2.05) is 0 Å². The highest BCUT2D eigenvalue weighted by atomic mass is 32.1. The molecule has 2 N–H and O–H groups in total. The van der Waals surface area contributed by atoms with Crippen molar-refractivity contribution in [2.24, 2.45) is 0 Å². The molecule has 2 rings (SSSR count). The lowest BCUT2D eigenvalue weighted by molar-refractivity contribution is -0.139. The third-order valence-corrected chi connectivity index (χ3v) is 3.25. The summed E-state index contributed by atoms with van der Waals surface area (Å²) in [6, 6.07) is 0. The Morgan fingerprint density at radius 1 is 1.62 bits per heavy atom. The number of fused-ring (bicyclic) bond motifs is 1. The SMILES string of the molecule is O=C(O)C1CCCc2sc(=O)[nH]c21. The second-order valence-corrected chi connectivity index (χ2v) is 4.20. The van der Waals surface area contributed by atoms with E-state index in [1.165, 1.54) is 0 Å². The fourth-order valence-electron chi connectivity index (χ4n) is 1.70. The van der Waals surface area contributed by atoms with Gasteiger partial charge in [0.05, 0.1) is 5.92 Å². The minimum Gasteiger partial charge on any atom is -0.481 e. The van der Waals surface area contributed by atoms with Gasteiger partial charge < -0.3 is 10.1 Å². The van der Waals surface area contributed by atoms with E-state index >= 15 is 0 Å². The van der Waals surface area contributed by atoms with Crippen molar-refractivity contribution in [1.82, 2.24) is 4.98 Å². The molecule has 1 aromatic rings. The predicted octanol–water partition coefficient (Wildman–Crippen LogP) is 0.941. The van der Waals surface area contributed by atoms with Crippen molar-refractivity contribution in [3.8, 4) is 0 Å². The topological polar surface area (TPSA) is 70.2 Å². The molecule has 1 aliphatic rings. The van der Waals surface area contributed by atoms with Gasteiger partial charge in [0.2, 0.25) is 0 Å². The molecule has 0 bridgehead atoms. The average molecular weight is 199 g/mol. The third kappa shape index (κ3) is 1.39. The number of nitrogens with one attached hydrogen (secondary N) is 1. The summed E-state index contributed by atoms with van der Waals surface area (Å²) in [6.45, 7) is 0. The first kappa shape index (κ1) is 8.50. The summed E-state index contributed by atoms with van der Waals surface area (Å²) in [5, 5.41) is 8.88. The summed E-state index contributed by atoms with van der Waals surface area (Å²) in [6.07, 6.45) is 2.33. The van der Waals surface area contributed by atoms with Gasteiger partial charge in [-0.25, -0.2) is 0 Å². The van der Waals surface area contributed by atoms with Crippen LogP contribution in [0.25, 0.3) is 0 Å². The molecule has 0 radical (unpaired) electrons. The predicted molar refractivity (Wildman–Crippen MR) is 48.3 cm³/mol. The fourth-order valence-corrected chi connectivity index (χ4v) is 2.63. The first-order chi connectivity index (χ1) is 6.18. The lowest BCUT2D eigenvalue weighted by atomic mass is 9.91. The van der Waals surface area contributed by atoms with E-state index < -0.39 is 11.9 Å². The quantitative estimate of drug-likeness (QED) is 0.707. The van der Waals surface area contributed by atoms with Crippen LogP contribution in [0.2, 0.25) is 0 Å². The van der Waals surface area contributed by atoms with Crippen LogP contribution in [0.5, 0.6) is 0 Å². The molecule has 5 heteroatoms. The van der Waals surface area contributed by atoms with E-state index in [9.17, 15) is 9.59 Å². The van der Waals surface area contributed by atoms with Crippen molar-refractivity contribution < 1.29 is 9.90 Å². The van der Waals surface area contributed by atoms with Gasteiger partial charge in [0, 0.05) is 10.6 Å². The van der Waals surface area contributed by atoms with Gasteiger partial charge in [-0.05, 0) is 19.3 Å². The van der Waals surface area contributed by atoms with Crippen molar-refractivity contribution in [1.29, 1.82) is 0 Å². The van der Waals surface area contributed by atoms with E-state index in [4.69, 9.17) is 5.11 Å². The largest absolute Gasteiger partial charge is 0.481 e. The molecule has 1 aromatic heterocycles. The van der Waals surface area contributed by atoms with Crippen molar-refractivity contribution >= 4 is 17.3 Å². The molecule has 70 valence electrons. The van der Waals surface area contributed by atoms with Crippen LogP contribution in [0, 0.1) is 0 Å². The van der Waals surface area contributed by atoms with Gasteiger partial charge in [0.25, 0.3) is 0 Å². The van der Waals surface area contributed by atoms with Crippen LogP contribution in [0.15, 0.2) is 4.79 Å². The molecule has 4 nitrogen and oxygen atoms in total. The number of H-pyrrole nitrogens is 1. The number of thiazole rings is 1. The number of aromatic amines is 1. The highest BCUT2D eigenvalue weighted by Gasteiger charge is 2.28. The maximum Gasteiger partial charge on any atom is 0.312 e. The zero-order valence-electron chi connectivity index (χ0n) is 6.87. The maximum atomic E-state index is 11.0. The lowest BCUT2D eigenvalue weighted by Gasteiger charge is -2.16. The van der Waals surface area contributed by atoms with Crippen LogP contribution >= 0.6 is 11.3 Å². The molecule has 0 amide bonds. The zero-order valence-corrected chi connectivity index (χ0v) is 7.69. The monoisotopic (exact) mass is 199 g/mol. The van der Waals surface area contributed by atoms with E-state index in [1.54, 1.807) is 0 Å². The summed E-state index contributed by atoms with van der Waals surface area (Å²) in [7, 11) is 0. The third-order valence-electron chi connectivity index (χ3n) is 2.30. The Bertz CT molecular complexity index is 392. The molecule has 0 saturated carbocycles. The van der Waals surface area contributed by atoms with E-state index in [-0.39, 0.29) is 4.87 Å². The van der Waals surface area contributed by atoms with Gasteiger partial charge in [-0.3, -0.25) is 9.59 Å². The highest BCUT2D eigenvalue weighted by molar-refractivity contribution is 7.09. The number of rotatable bonds is 1. The number of carboxylic acid groups (broad SMARTS) is 1. The smallest absolute Gasteiger partial charge is 0.312 e. The second-order valence-electron chi connectivity index (χ2n) is 3.13. The minimum absolute atomic E-state index is 0.141. The molecule has 0 aliphatic heterocycles. The zero-order chi connectivity index (χ0) is 9.42. The number of carboxylic acids is 1. The molecule has 0 spiro atoms. The van der Waals surface area contributed by atoms with E-state index in [0.29, 0.717) is 12.1 Å². The first-order valence-electron chi connectivity index (χ1n) is 4.13. The molecule has 1 heterocycles. The highest BCUT2D eigenvalue weighted by Crippen LogP contribution is 2.31. The summed E-state index contributed by atoms with van der Waals surface area (Å²) < 4.78 is 0. The van der Waals surface area contributed by atoms with Gasteiger partial charge in [-0.15, -0.1) is 0 Å². The van der Waals surface area contributed by atoms with Crippen LogP contribution in [0.4, 0.5) is 0 Å². The summed E-state index contributed by atoms with van der Waals surface area (Å²) in [4.78, 5) is 25.2. The lowest BCUT2D eigenvalue weighted by Crippen LogP contribution is -2.17. The molecular weight excluding hydrogens is 190 g/mol. The molecule has 13 heavy (non-hydrogen) atoms. The van der Waals surface area contributed by atoms with Gasteiger partial charge in [-0.2, -0.15) is 0 Å². The van der Waals surface area contributed by atoms with Crippen LogP contribution in [-0.4, -0.2) is 16.1 Å².